The van der Waals surface area contributed by atoms with Crippen LogP contribution in [0.15, 0.2) is 46.0 Å². The van der Waals surface area contributed by atoms with Crippen LogP contribution >= 0.6 is 11.3 Å². The van der Waals surface area contributed by atoms with Gasteiger partial charge in [-0.15, -0.1) is 11.3 Å². The first-order chi connectivity index (χ1) is 12.5. The predicted octanol–water partition coefficient (Wildman–Crippen LogP) is 5.04. The lowest BCUT2D eigenvalue weighted by molar-refractivity contribution is -0.00518. The summed E-state index contributed by atoms with van der Waals surface area (Å²) < 4.78 is 27.3. The van der Waals surface area contributed by atoms with E-state index >= 15 is 0 Å². The fourth-order valence-corrected chi connectivity index (χ4v) is 8.53. The molecule has 0 aliphatic heterocycles. The highest BCUT2D eigenvalue weighted by Gasteiger charge is 2.51. The number of nitrogens with zero attached hydrogens (tertiary/aromatic N) is 1. The molecule has 26 heavy (non-hydrogen) atoms. The molecule has 0 spiro atoms. The molecule has 0 atom stereocenters. The Kier molecular flexibility index (Phi) is 3.77. The van der Waals surface area contributed by atoms with Crippen LogP contribution in [0.25, 0.3) is 0 Å². The van der Waals surface area contributed by atoms with Crippen molar-refractivity contribution in [3.8, 4) is 0 Å². The van der Waals surface area contributed by atoms with Crippen molar-refractivity contribution < 1.29 is 8.42 Å². The van der Waals surface area contributed by atoms with Crippen LogP contribution in [-0.4, -0.2) is 15.5 Å². The number of benzene rings is 1. The highest BCUT2D eigenvalue weighted by Crippen LogP contribution is 2.60. The van der Waals surface area contributed by atoms with Gasteiger partial charge in [-0.25, -0.2) is 8.42 Å². The van der Waals surface area contributed by atoms with Crippen LogP contribution < -0.4 is 4.31 Å². The van der Waals surface area contributed by atoms with E-state index in [0.29, 0.717) is 9.62 Å². The number of anilines is 1. The Balaban J connectivity index is 1.43. The predicted molar refractivity (Wildman–Crippen MR) is 106 cm³/mol. The van der Waals surface area contributed by atoms with E-state index in [1.807, 2.05) is 12.1 Å². The minimum absolute atomic E-state index is 0.360. The fourth-order valence-electron chi connectivity index (χ4n) is 6.17. The highest BCUT2D eigenvalue weighted by atomic mass is 32.2. The van der Waals surface area contributed by atoms with Crippen LogP contribution in [0.2, 0.25) is 0 Å². The van der Waals surface area contributed by atoms with Crippen molar-refractivity contribution in [2.75, 3.05) is 11.4 Å². The number of sulfonamides is 1. The normalized spacial score (nSPS) is 32.7. The summed E-state index contributed by atoms with van der Waals surface area (Å²) in [5, 5.41) is 1.80. The van der Waals surface area contributed by atoms with Gasteiger partial charge >= 0.3 is 0 Å². The first kappa shape index (κ1) is 16.8. The van der Waals surface area contributed by atoms with E-state index in [1.54, 1.807) is 24.6 Å². The van der Waals surface area contributed by atoms with Gasteiger partial charge in [0.2, 0.25) is 0 Å². The monoisotopic (exact) mass is 387 g/mol. The van der Waals surface area contributed by atoms with Gasteiger partial charge in [0.25, 0.3) is 10.0 Å². The maximum atomic E-state index is 12.7. The molecule has 6 rings (SSSR count). The molecule has 4 saturated carbocycles. The third kappa shape index (κ3) is 2.55. The van der Waals surface area contributed by atoms with E-state index in [0.717, 1.165) is 23.4 Å². The van der Waals surface area contributed by atoms with Crippen molar-refractivity contribution in [3.63, 3.8) is 0 Å². The molecule has 0 saturated heterocycles. The molecule has 1 aromatic carbocycles. The summed E-state index contributed by atoms with van der Waals surface area (Å²) >= 11 is 1.26. The molecule has 4 aliphatic carbocycles. The van der Waals surface area contributed by atoms with E-state index in [2.05, 4.69) is 12.1 Å². The summed E-state index contributed by atoms with van der Waals surface area (Å²) in [6.07, 6.45) is 8.34. The van der Waals surface area contributed by atoms with Crippen molar-refractivity contribution >= 4 is 27.0 Å². The summed E-state index contributed by atoms with van der Waals surface area (Å²) in [5.41, 5.74) is 2.53. The molecule has 0 amide bonds. The third-order valence-corrected chi connectivity index (χ3v) is 10.1. The van der Waals surface area contributed by atoms with Gasteiger partial charge in [0.1, 0.15) is 4.21 Å². The van der Waals surface area contributed by atoms with Crippen LogP contribution in [0, 0.1) is 17.8 Å². The van der Waals surface area contributed by atoms with Crippen LogP contribution in [0.1, 0.15) is 44.1 Å². The molecule has 2 aromatic rings. The molecular weight excluding hydrogens is 362 g/mol. The summed E-state index contributed by atoms with van der Waals surface area (Å²) in [6.45, 7) is 0. The van der Waals surface area contributed by atoms with Gasteiger partial charge in [-0.05, 0) is 90.8 Å². The van der Waals surface area contributed by atoms with Gasteiger partial charge in [0.05, 0.1) is 5.69 Å². The summed E-state index contributed by atoms with van der Waals surface area (Å²) in [4.78, 5) is 0. The van der Waals surface area contributed by atoms with Crippen LogP contribution in [0.5, 0.6) is 0 Å². The maximum absolute atomic E-state index is 12.7. The SMILES string of the molecule is CN(c1ccc(C23CC4CC(CC(C4)C2)C3)cc1)S(=O)(=O)c1cccs1. The van der Waals surface area contributed by atoms with E-state index in [9.17, 15) is 8.42 Å². The number of hydrogen-bond donors (Lipinski definition) is 0. The Morgan fingerprint density at radius 3 is 2.04 bits per heavy atom. The van der Waals surface area contributed by atoms with Gasteiger partial charge in [-0.1, -0.05) is 18.2 Å². The van der Waals surface area contributed by atoms with Gasteiger partial charge in [0.15, 0.2) is 0 Å². The summed E-state index contributed by atoms with van der Waals surface area (Å²) in [7, 11) is -1.81. The molecule has 3 nitrogen and oxygen atoms in total. The largest absolute Gasteiger partial charge is 0.273 e. The highest BCUT2D eigenvalue weighted by molar-refractivity contribution is 7.94. The zero-order chi connectivity index (χ0) is 17.9. The van der Waals surface area contributed by atoms with E-state index in [-0.39, 0.29) is 0 Å². The molecule has 138 valence electrons. The van der Waals surface area contributed by atoms with Gasteiger partial charge in [-0.2, -0.15) is 0 Å². The quantitative estimate of drug-likeness (QED) is 0.737. The molecule has 4 fully saturated rings. The van der Waals surface area contributed by atoms with Crippen molar-refractivity contribution in [2.24, 2.45) is 17.8 Å². The second-order valence-electron chi connectivity index (χ2n) is 8.65. The van der Waals surface area contributed by atoms with Crippen molar-refractivity contribution in [3.05, 3.63) is 47.3 Å². The molecule has 1 aromatic heterocycles. The van der Waals surface area contributed by atoms with Gasteiger partial charge in [0, 0.05) is 7.05 Å². The molecule has 0 N–H and O–H groups in total. The topological polar surface area (TPSA) is 37.4 Å². The van der Waals surface area contributed by atoms with E-state index in [4.69, 9.17) is 0 Å². The maximum Gasteiger partial charge on any atom is 0.273 e. The van der Waals surface area contributed by atoms with Crippen LogP contribution in [0.4, 0.5) is 5.69 Å². The Bertz CT molecular complexity index is 865. The van der Waals surface area contributed by atoms with Crippen LogP contribution in [-0.2, 0) is 15.4 Å². The minimum atomic E-state index is -3.45. The van der Waals surface area contributed by atoms with E-state index in [1.165, 1.54) is 59.7 Å². The zero-order valence-electron chi connectivity index (χ0n) is 15.1. The molecule has 0 radical (unpaired) electrons. The fraction of sp³-hybridized carbons (Fsp3) is 0.524. The minimum Gasteiger partial charge on any atom is -0.269 e. The lowest BCUT2D eigenvalue weighted by Crippen LogP contribution is -2.48. The van der Waals surface area contributed by atoms with Gasteiger partial charge in [-0.3, -0.25) is 4.31 Å². The van der Waals surface area contributed by atoms with Crippen molar-refractivity contribution in [2.45, 2.75) is 48.1 Å². The molecule has 4 aliphatic rings. The molecule has 1 heterocycles. The molecule has 5 heteroatoms. The Morgan fingerprint density at radius 2 is 1.54 bits per heavy atom. The second kappa shape index (κ2) is 5.83. The molecule has 0 unspecified atom stereocenters. The lowest BCUT2D eigenvalue weighted by Gasteiger charge is -2.57. The second-order valence-corrected chi connectivity index (χ2v) is 11.8. The van der Waals surface area contributed by atoms with Crippen molar-refractivity contribution in [1.82, 2.24) is 0 Å². The van der Waals surface area contributed by atoms with E-state index < -0.39 is 10.0 Å². The summed E-state index contributed by atoms with van der Waals surface area (Å²) in [6, 6.07) is 11.8. The summed E-state index contributed by atoms with van der Waals surface area (Å²) in [5.74, 6) is 2.76. The van der Waals surface area contributed by atoms with Gasteiger partial charge < -0.3 is 0 Å². The Morgan fingerprint density at radius 1 is 0.962 bits per heavy atom. The first-order valence-corrected chi connectivity index (χ1v) is 11.9. The lowest BCUT2D eigenvalue weighted by atomic mass is 9.48. The number of hydrogen-bond acceptors (Lipinski definition) is 3. The van der Waals surface area contributed by atoms with Crippen molar-refractivity contribution in [1.29, 1.82) is 0 Å². The smallest absolute Gasteiger partial charge is 0.269 e. The van der Waals surface area contributed by atoms with Crippen LogP contribution in [0.3, 0.4) is 0 Å². The first-order valence-electron chi connectivity index (χ1n) is 9.59. The number of thiophene rings is 1. The third-order valence-electron chi connectivity index (χ3n) is 6.99. The average Bonchev–Trinajstić information content (AvgIpc) is 3.15. The standard InChI is InChI=1S/C21H25NO2S2/c1-22(26(23,24)20-3-2-8-25-20)19-6-4-18(5-7-19)21-12-15-9-16(13-21)11-17(10-15)14-21/h2-8,15-17H,9-14H2,1H3. The molecular formula is C21H25NO2S2. The Hall–Kier alpha value is -1.33. The Labute approximate surface area is 160 Å². The molecule has 4 bridgehead atoms. The average molecular weight is 388 g/mol. The number of rotatable bonds is 4. The zero-order valence-corrected chi connectivity index (χ0v) is 16.7.